The summed E-state index contributed by atoms with van der Waals surface area (Å²) in [6, 6.07) is 7.21. The molecule has 0 atom stereocenters. The first-order valence-electron chi connectivity index (χ1n) is 7.82. The van der Waals surface area contributed by atoms with Gasteiger partial charge in [-0.05, 0) is 47.5 Å². The highest BCUT2D eigenvalue weighted by atomic mass is 16.1. The van der Waals surface area contributed by atoms with Gasteiger partial charge in [0, 0.05) is 36.5 Å². The Kier molecular flexibility index (Phi) is 3.56. The SMILES string of the molecule is O=C(NCC1(Cn2ccnc2)CC1)c1ccc(-n2cnnn2)cc1. The Balaban J connectivity index is 1.36. The summed E-state index contributed by atoms with van der Waals surface area (Å²) in [5.41, 5.74) is 1.61. The van der Waals surface area contributed by atoms with Crippen LogP contribution in [-0.4, -0.2) is 42.2 Å². The third-order valence-electron chi connectivity index (χ3n) is 4.40. The zero-order chi connectivity index (χ0) is 16.4. The Labute approximate surface area is 138 Å². The monoisotopic (exact) mass is 323 g/mol. The van der Waals surface area contributed by atoms with E-state index in [0.29, 0.717) is 12.1 Å². The molecule has 3 aromatic rings. The molecule has 2 aromatic heterocycles. The maximum atomic E-state index is 12.3. The number of amides is 1. The van der Waals surface area contributed by atoms with Crippen LogP contribution in [-0.2, 0) is 6.54 Å². The molecule has 1 aromatic carbocycles. The van der Waals surface area contributed by atoms with Crippen LogP contribution in [0.1, 0.15) is 23.2 Å². The van der Waals surface area contributed by atoms with E-state index in [1.54, 1.807) is 23.0 Å². The summed E-state index contributed by atoms with van der Waals surface area (Å²) in [6.07, 6.45) is 9.33. The number of tetrazole rings is 1. The van der Waals surface area contributed by atoms with Crippen molar-refractivity contribution in [1.82, 2.24) is 35.1 Å². The predicted molar refractivity (Wildman–Crippen MR) is 85.4 cm³/mol. The normalized spacial score (nSPS) is 15.2. The standard InChI is InChI=1S/C16H17N7O/c24-15(13-1-3-14(4-2-13)23-12-19-20-21-23)18-9-16(5-6-16)10-22-8-7-17-11-22/h1-4,7-8,11-12H,5-6,9-10H2,(H,18,24). The van der Waals surface area contributed by atoms with E-state index >= 15 is 0 Å². The predicted octanol–water partition coefficient (Wildman–Crippen LogP) is 1.07. The minimum atomic E-state index is -0.0600. The zero-order valence-corrected chi connectivity index (χ0v) is 13.0. The van der Waals surface area contributed by atoms with Crippen molar-refractivity contribution in [2.45, 2.75) is 19.4 Å². The van der Waals surface area contributed by atoms with E-state index in [2.05, 4.69) is 30.4 Å². The van der Waals surface area contributed by atoms with Crippen LogP contribution in [0.15, 0.2) is 49.3 Å². The number of carbonyl (C=O) groups is 1. The lowest BCUT2D eigenvalue weighted by Crippen LogP contribution is -2.32. The minimum absolute atomic E-state index is 0.0600. The minimum Gasteiger partial charge on any atom is -0.351 e. The molecule has 0 unspecified atom stereocenters. The molecule has 1 aliphatic carbocycles. The Hall–Kier alpha value is -3.03. The highest BCUT2D eigenvalue weighted by Gasteiger charge is 2.43. The molecule has 0 radical (unpaired) electrons. The molecule has 1 saturated carbocycles. The summed E-state index contributed by atoms with van der Waals surface area (Å²) in [7, 11) is 0. The Bertz CT molecular complexity index is 805. The molecule has 0 bridgehead atoms. The van der Waals surface area contributed by atoms with Crippen LogP contribution in [0.4, 0.5) is 0 Å². The van der Waals surface area contributed by atoms with Crippen molar-refractivity contribution in [1.29, 1.82) is 0 Å². The first kappa shape index (κ1) is 14.6. The third-order valence-corrected chi connectivity index (χ3v) is 4.40. The second kappa shape index (κ2) is 5.88. The van der Waals surface area contributed by atoms with Gasteiger partial charge in [0.2, 0.25) is 0 Å². The van der Waals surface area contributed by atoms with E-state index < -0.39 is 0 Å². The fraction of sp³-hybridized carbons (Fsp3) is 0.312. The molecule has 1 fully saturated rings. The van der Waals surface area contributed by atoms with Crippen molar-refractivity contribution < 1.29 is 4.79 Å². The van der Waals surface area contributed by atoms with Gasteiger partial charge < -0.3 is 9.88 Å². The molecule has 1 N–H and O–H groups in total. The number of imidazole rings is 1. The van der Waals surface area contributed by atoms with Gasteiger partial charge in [0.25, 0.3) is 5.91 Å². The lowest BCUT2D eigenvalue weighted by molar-refractivity contribution is 0.0943. The van der Waals surface area contributed by atoms with Crippen molar-refractivity contribution in [3.05, 3.63) is 54.9 Å². The number of nitrogens with one attached hydrogen (secondary N) is 1. The van der Waals surface area contributed by atoms with Crippen LogP contribution in [0, 0.1) is 5.41 Å². The largest absolute Gasteiger partial charge is 0.351 e. The van der Waals surface area contributed by atoms with Gasteiger partial charge in [0.1, 0.15) is 6.33 Å². The molecule has 0 spiro atoms. The van der Waals surface area contributed by atoms with E-state index in [-0.39, 0.29) is 11.3 Å². The molecule has 0 aliphatic heterocycles. The number of carbonyl (C=O) groups excluding carboxylic acids is 1. The van der Waals surface area contributed by atoms with Gasteiger partial charge in [0.05, 0.1) is 12.0 Å². The summed E-state index contributed by atoms with van der Waals surface area (Å²) in [6.45, 7) is 1.57. The third kappa shape index (κ3) is 3.03. The number of nitrogens with zero attached hydrogens (tertiary/aromatic N) is 6. The fourth-order valence-corrected chi connectivity index (χ4v) is 2.75. The van der Waals surface area contributed by atoms with Gasteiger partial charge in [-0.15, -0.1) is 5.10 Å². The average molecular weight is 323 g/mol. The molecular formula is C16H17N7O. The number of hydrogen-bond acceptors (Lipinski definition) is 5. The molecule has 1 aliphatic rings. The maximum Gasteiger partial charge on any atom is 0.251 e. The summed E-state index contributed by atoms with van der Waals surface area (Å²) < 4.78 is 3.62. The summed E-state index contributed by atoms with van der Waals surface area (Å²) >= 11 is 0. The van der Waals surface area contributed by atoms with E-state index in [1.807, 2.05) is 24.7 Å². The first-order valence-corrected chi connectivity index (χ1v) is 7.82. The van der Waals surface area contributed by atoms with Crippen molar-refractivity contribution in [2.75, 3.05) is 6.54 Å². The molecule has 0 saturated heterocycles. The maximum absolute atomic E-state index is 12.3. The fourth-order valence-electron chi connectivity index (χ4n) is 2.75. The smallest absolute Gasteiger partial charge is 0.251 e. The Morgan fingerprint density at radius 1 is 1.21 bits per heavy atom. The van der Waals surface area contributed by atoms with Crippen molar-refractivity contribution in [3.63, 3.8) is 0 Å². The number of aromatic nitrogens is 6. The molecule has 8 nitrogen and oxygen atoms in total. The summed E-state index contributed by atoms with van der Waals surface area (Å²) in [5, 5.41) is 14.1. The molecule has 4 rings (SSSR count). The molecule has 122 valence electrons. The highest BCUT2D eigenvalue weighted by molar-refractivity contribution is 5.94. The van der Waals surface area contributed by atoms with E-state index in [9.17, 15) is 4.79 Å². The van der Waals surface area contributed by atoms with Crippen LogP contribution in [0.25, 0.3) is 5.69 Å². The van der Waals surface area contributed by atoms with Crippen LogP contribution >= 0.6 is 0 Å². The van der Waals surface area contributed by atoms with Gasteiger partial charge in [-0.2, -0.15) is 0 Å². The highest BCUT2D eigenvalue weighted by Crippen LogP contribution is 2.46. The van der Waals surface area contributed by atoms with Crippen LogP contribution in [0.3, 0.4) is 0 Å². The Morgan fingerprint density at radius 2 is 2.04 bits per heavy atom. The van der Waals surface area contributed by atoms with E-state index in [1.165, 1.54) is 6.33 Å². The van der Waals surface area contributed by atoms with Gasteiger partial charge in [0.15, 0.2) is 0 Å². The topological polar surface area (TPSA) is 90.5 Å². The van der Waals surface area contributed by atoms with E-state index in [0.717, 1.165) is 25.1 Å². The number of rotatable bonds is 6. The lowest BCUT2D eigenvalue weighted by atomic mass is 10.1. The first-order chi connectivity index (χ1) is 11.7. The van der Waals surface area contributed by atoms with Crippen molar-refractivity contribution in [3.8, 4) is 5.69 Å². The summed E-state index contributed by atoms with van der Waals surface area (Å²) in [4.78, 5) is 16.4. The number of hydrogen-bond donors (Lipinski definition) is 1. The molecule has 24 heavy (non-hydrogen) atoms. The molecule has 2 heterocycles. The van der Waals surface area contributed by atoms with Gasteiger partial charge in [-0.3, -0.25) is 4.79 Å². The lowest BCUT2D eigenvalue weighted by Gasteiger charge is -2.16. The second-order valence-corrected chi connectivity index (χ2v) is 6.22. The van der Waals surface area contributed by atoms with E-state index in [4.69, 9.17) is 0 Å². The Morgan fingerprint density at radius 3 is 2.67 bits per heavy atom. The van der Waals surface area contributed by atoms with Gasteiger partial charge >= 0.3 is 0 Å². The second-order valence-electron chi connectivity index (χ2n) is 6.22. The van der Waals surface area contributed by atoms with Gasteiger partial charge in [-0.1, -0.05) is 0 Å². The van der Waals surface area contributed by atoms with Gasteiger partial charge in [-0.25, -0.2) is 9.67 Å². The molecule has 1 amide bonds. The van der Waals surface area contributed by atoms with Crippen molar-refractivity contribution in [2.24, 2.45) is 5.41 Å². The number of benzene rings is 1. The van der Waals surface area contributed by atoms with Crippen LogP contribution in [0.2, 0.25) is 0 Å². The zero-order valence-electron chi connectivity index (χ0n) is 13.0. The quantitative estimate of drug-likeness (QED) is 0.733. The molecular weight excluding hydrogens is 306 g/mol. The average Bonchev–Trinajstić information content (AvgIpc) is 3.01. The van der Waals surface area contributed by atoms with Crippen molar-refractivity contribution >= 4 is 5.91 Å². The molecule has 8 heteroatoms. The summed E-state index contributed by atoms with van der Waals surface area (Å²) in [5.74, 6) is -0.0600. The van der Waals surface area contributed by atoms with Crippen LogP contribution in [0.5, 0.6) is 0 Å². The van der Waals surface area contributed by atoms with Crippen LogP contribution < -0.4 is 5.32 Å².